The lowest BCUT2D eigenvalue weighted by molar-refractivity contribution is 0.0475. The lowest BCUT2D eigenvalue weighted by Gasteiger charge is -2.21. The molecule has 3 aromatic heterocycles. The number of aromatic nitrogens is 4. The van der Waals surface area contributed by atoms with E-state index in [1.165, 1.54) is 16.8 Å². The fourth-order valence-electron chi connectivity index (χ4n) is 2.63. The molecule has 2 N–H and O–H groups in total. The third-order valence-corrected chi connectivity index (χ3v) is 4.04. The summed E-state index contributed by atoms with van der Waals surface area (Å²) in [5.41, 5.74) is -0.402. The van der Waals surface area contributed by atoms with Gasteiger partial charge < -0.3 is 14.8 Å². The molecule has 4 aromatic rings. The Balaban J connectivity index is 1.64. The Kier molecular flexibility index (Phi) is 3.89. The Morgan fingerprint density at radius 1 is 1.15 bits per heavy atom. The number of furan rings is 1. The highest BCUT2D eigenvalue weighted by molar-refractivity contribution is 5.60. The van der Waals surface area contributed by atoms with Crippen LogP contribution >= 0.6 is 0 Å². The molecule has 3 heterocycles. The number of fused-ring (bicyclic) bond motifs is 1. The Labute approximate surface area is 148 Å². The Morgan fingerprint density at radius 3 is 2.77 bits per heavy atom. The van der Waals surface area contributed by atoms with Gasteiger partial charge in [0.15, 0.2) is 11.5 Å². The Hall–Kier alpha value is -3.26. The minimum Gasteiger partial charge on any atom is -0.466 e. The maximum absolute atomic E-state index is 14.1. The van der Waals surface area contributed by atoms with Gasteiger partial charge in [-0.2, -0.15) is 4.52 Å². The molecule has 8 heteroatoms. The van der Waals surface area contributed by atoms with Gasteiger partial charge in [0.2, 0.25) is 0 Å². The smallest absolute Gasteiger partial charge is 0.188 e. The fourth-order valence-corrected chi connectivity index (χ4v) is 2.63. The van der Waals surface area contributed by atoms with Crippen molar-refractivity contribution in [3.8, 4) is 11.4 Å². The second kappa shape index (κ2) is 6.23. The second-order valence-corrected chi connectivity index (χ2v) is 6.10. The molecule has 0 spiro atoms. The highest BCUT2D eigenvalue weighted by Gasteiger charge is 2.26. The normalized spacial score (nSPS) is 13.7. The summed E-state index contributed by atoms with van der Waals surface area (Å²) < 4.78 is 20.8. The molecule has 4 rings (SSSR count). The predicted octanol–water partition coefficient (Wildman–Crippen LogP) is 2.84. The lowest BCUT2D eigenvalue weighted by Crippen LogP contribution is -2.30. The molecular formula is C18H16FN5O2. The number of nitrogens with zero attached hydrogens (tertiary/aromatic N) is 4. The second-order valence-electron chi connectivity index (χ2n) is 6.10. The average Bonchev–Trinajstić information content (AvgIpc) is 3.31. The van der Waals surface area contributed by atoms with Crippen molar-refractivity contribution in [3.05, 3.63) is 66.4 Å². The van der Waals surface area contributed by atoms with E-state index in [1.807, 2.05) is 0 Å². The summed E-state index contributed by atoms with van der Waals surface area (Å²) in [4.78, 5) is 0. The molecule has 0 saturated heterocycles. The summed E-state index contributed by atoms with van der Waals surface area (Å²) in [6.45, 7) is 1.82. The third-order valence-electron chi connectivity index (χ3n) is 4.04. The van der Waals surface area contributed by atoms with Crippen LogP contribution in [-0.2, 0) is 5.60 Å². The maximum atomic E-state index is 14.1. The minimum atomic E-state index is -1.21. The SMILES string of the molecule is CC(O)(CNc1ccc2nnc(-c3ccccc3F)n2n1)c1ccco1. The van der Waals surface area contributed by atoms with E-state index in [0.717, 1.165) is 0 Å². The van der Waals surface area contributed by atoms with Crippen LogP contribution in [0, 0.1) is 5.82 Å². The summed E-state index contributed by atoms with van der Waals surface area (Å²) >= 11 is 0. The van der Waals surface area contributed by atoms with Gasteiger partial charge in [0.05, 0.1) is 18.4 Å². The van der Waals surface area contributed by atoms with Crippen LogP contribution in [0.4, 0.5) is 10.2 Å². The van der Waals surface area contributed by atoms with Crippen molar-refractivity contribution in [1.29, 1.82) is 0 Å². The van der Waals surface area contributed by atoms with E-state index < -0.39 is 11.4 Å². The number of hydrogen-bond donors (Lipinski definition) is 2. The Morgan fingerprint density at radius 2 is 2.00 bits per heavy atom. The van der Waals surface area contributed by atoms with Crippen LogP contribution in [0.25, 0.3) is 17.0 Å². The zero-order valence-electron chi connectivity index (χ0n) is 13.9. The van der Waals surface area contributed by atoms with Gasteiger partial charge in [0, 0.05) is 0 Å². The molecule has 132 valence electrons. The van der Waals surface area contributed by atoms with Crippen molar-refractivity contribution in [2.24, 2.45) is 0 Å². The van der Waals surface area contributed by atoms with Crippen LogP contribution in [0.1, 0.15) is 12.7 Å². The van der Waals surface area contributed by atoms with Crippen molar-refractivity contribution < 1.29 is 13.9 Å². The number of aliphatic hydroxyl groups is 1. The summed E-state index contributed by atoms with van der Waals surface area (Å²) in [6, 6.07) is 13.2. The first-order valence-corrected chi connectivity index (χ1v) is 8.02. The van der Waals surface area contributed by atoms with Crippen molar-refractivity contribution in [3.63, 3.8) is 0 Å². The number of nitrogens with one attached hydrogen (secondary N) is 1. The van der Waals surface area contributed by atoms with Gasteiger partial charge in [-0.25, -0.2) is 4.39 Å². The van der Waals surface area contributed by atoms with E-state index >= 15 is 0 Å². The van der Waals surface area contributed by atoms with E-state index in [4.69, 9.17) is 4.42 Å². The monoisotopic (exact) mass is 353 g/mol. The van der Waals surface area contributed by atoms with Crippen LogP contribution in [0.5, 0.6) is 0 Å². The molecule has 0 aliphatic carbocycles. The lowest BCUT2D eigenvalue weighted by atomic mass is 10.0. The number of benzene rings is 1. The molecule has 0 aliphatic heterocycles. The van der Waals surface area contributed by atoms with Gasteiger partial charge in [-0.1, -0.05) is 12.1 Å². The summed E-state index contributed by atoms with van der Waals surface area (Å²) in [5.74, 6) is 0.839. The standard InChI is InChI=1S/C18H16FN5O2/c1-18(25,14-7-4-10-26-14)11-20-15-8-9-16-21-22-17(24(16)23-15)12-5-2-3-6-13(12)19/h2-10,25H,11H2,1H3,(H,20,23). The molecule has 7 nitrogen and oxygen atoms in total. The molecule has 0 aliphatic rings. The first-order valence-electron chi connectivity index (χ1n) is 8.02. The number of hydrogen-bond acceptors (Lipinski definition) is 6. The van der Waals surface area contributed by atoms with Gasteiger partial charge in [0.25, 0.3) is 0 Å². The van der Waals surface area contributed by atoms with Gasteiger partial charge in [0.1, 0.15) is 23.0 Å². The van der Waals surface area contributed by atoms with Gasteiger partial charge in [-0.15, -0.1) is 15.3 Å². The van der Waals surface area contributed by atoms with Crippen molar-refractivity contribution in [2.45, 2.75) is 12.5 Å². The number of anilines is 1. The maximum Gasteiger partial charge on any atom is 0.188 e. The molecule has 1 unspecified atom stereocenters. The highest BCUT2D eigenvalue weighted by Crippen LogP contribution is 2.23. The predicted molar refractivity (Wildman–Crippen MR) is 92.9 cm³/mol. The highest BCUT2D eigenvalue weighted by atomic mass is 19.1. The molecule has 1 aromatic carbocycles. The zero-order chi connectivity index (χ0) is 18.1. The molecular weight excluding hydrogens is 337 g/mol. The number of rotatable bonds is 5. The van der Waals surface area contributed by atoms with Crippen molar-refractivity contribution >= 4 is 11.5 Å². The van der Waals surface area contributed by atoms with E-state index in [0.29, 0.717) is 28.6 Å². The molecule has 1 atom stereocenters. The van der Waals surface area contributed by atoms with Crippen molar-refractivity contribution in [2.75, 3.05) is 11.9 Å². The van der Waals surface area contributed by atoms with Crippen LogP contribution in [-0.4, -0.2) is 31.5 Å². The van der Waals surface area contributed by atoms with E-state index in [2.05, 4.69) is 20.6 Å². The zero-order valence-corrected chi connectivity index (χ0v) is 13.9. The molecule has 26 heavy (non-hydrogen) atoms. The quantitative estimate of drug-likeness (QED) is 0.574. The van der Waals surface area contributed by atoms with E-state index in [9.17, 15) is 9.50 Å². The third kappa shape index (κ3) is 2.91. The fraction of sp³-hybridized carbons (Fsp3) is 0.167. The molecule has 0 bridgehead atoms. The van der Waals surface area contributed by atoms with Gasteiger partial charge in [-0.05, 0) is 43.3 Å². The van der Waals surface area contributed by atoms with Crippen LogP contribution < -0.4 is 5.32 Å². The first-order chi connectivity index (χ1) is 12.5. The average molecular weight is 353 g/mol. The van der Waals surface area contributed by atoms with Crippen LogP contribution in [0.15, 0.2) is 59.2 Å². The van der Waals surface area contributed by atoms with Gasteiger partial charge >= 0.3 is 0 Å². The molecule has 0 saturated carbocycles. The summed E-state index contributed by atoms with van der Waals surface area (Å²) in [7, 11) is 0. The molecule has 0 radical (unpaired) electrons. The minimum absolute atomic E-state index is 0.177. The summed E-state index contributed by atoms with van der Waals surface area (Å²) in [6.07, 6.45) is 1.51. The molecule has 0 amide bonds. The first kappa shape index (κ1) is 16.2. The topological polar surface area (TPSA) is 88.5 Å². The summed E-state index contributed by atoms with van der Waals surface area (Å²) in [5, 5.41) is 26.0. The largest absolute Gasteiger partial charge is 0.466 e. The Bertz CT molecular complexity index is 1040. The van der Waals surface area contributed by atoms with Crippen LogP contribution in [0.2, 0.25) is 0 Å². The van der Waals surface area contributed by atoms with E-state index in [1.54, 1.807) is 49.4 Å². The van der Waals surface area contributed by atoms with Crippen LogP contribution in [0.3, 0.4) is 0 Å². The number of halogens is 1. The van der Waals surface area contributed by atoms with Crippen molar-refractivity contribution in [1.82, 2.24) is 19.8 Å². The van der Waals surface area contributed by atoms with E-state index in [-0.39, 0.29) is 6.54 Å². The molecule has 0 fully saturated rings. The van der Waals surface area contributed by atoms with Gasteiger partial charge in [-0.3, -0.25) is 0 Å².